The lowest BCUT2D eigenvalue weighted by atomic mass is 10.1. The van der Waals surface area contributed by atoms with Crippen molar-refractivity contribution in [2.24, 2.45) is 0 Å². The highest BCUT2D eigenvalue weighted by Gasteiger charge is 2.33. The molecule has 3 rings (SSSR count). The van der Waals surface area contributed by atoms with Crippen LogP contribution in [-0.4, -0.2) is 23.4 Å². The molecule has 1 amide bonds. The maximum atomic E-state index is 13.0. The predicted octanol–water partition coefficient (Wildman–Crippen LogP) is 6.47. The molecular formula is C21H17BrClNO3S2. The molecule has 1 fully saturated rings. The standard InChI is InChI=1S/C21H17BrClNO3S2/c1-3-8-27-19-16(22)9-13(10-17(19)26-4-2)11-18-20(25)24(21(28)29-18)15-7-5-6-14(23)12-15/h3,5-7,9-12H,1,4,8H2,2H3/b18-11-. The molecule has 0 atom stereocenters. The smallest absolute Gasteiger partial charge is 0.270 e. The maximum Gasteiger partial charge on any atom is 0.270 e. The topological polar surface area (TPSA) is 38.8 Å². The van der Waals surface area contributed by atoms with Crippen molar-refractivity contribution in [2.75, 3.05) is 18.1 Å². The van der Waals surface area contributed by atoms with Crippen molar-refractivity contribution in [1.29, 1.82) is 0 Å². The van der Waals surface area contributed by atoms with Crippen LogP contribution in [0.5, 0.6) is 11.5 Å². The first kappa shape index (κ1) is 21.9. The minimum atomic E-state index is -0.191. The molecule has 1 heterocycles. The molecule has 0 spiro atoms. The molecule has 2 aromatic rings. The lowest BCUT2D eigenvalue weighted by Crippen LogP contribution is -2.27. The van der Waals surface area contributed by atoms with E-state index in [1.54, 1.807) is 36.4 Å². The first-order valence-corrected chi connectivity index (χ1v) is 11.1. The third-order valence-electron chi connectivity index (χ3n) is 3.84. The van der Waals surface area contributed by atoms with E-state index in [0.717, 1.165) is 10.0 Å². The van der Waals surface area contributed by atoms with E-state index in [1.165, 1.54) is 16.7 Å². The molecular weight excluding hydrogens is 494 g/mol. The van der Waals surface area contributed by atoms with Crippen LogP contribution in [0, 0.1) is 0 Å². The third-order valence-corrected chi connectivity index (χ3v) is 5.96. The summed E-state index contributed by atoms with van der Waals surface area (Å²) in [7, 11) is 0. The summed E-state index contributed by atoms with van der Waals surface area (Å²) in [5.41, 5.74) is 1.44. The molecule has 8 heteroatoms. The van der Waals surface area contributed by atoms with Crippen molar-refractivity contribution in [3.8, 4) is 11.5 Å². The van der Waals surface area contributed by atoms with Gasteiger partial charge in [-0.3, -0.25) is 9.69 Å². The highest BCUT2D eigenvalue weighted by molar-refractivity contribution is 9.10. The number of anilines is 1. The van der Waals surface area contributed by atoms with Crippen molar-refractivity contribution >= 4 is 73.5 Å². The molecule has 0 N–H and O–H groups in total. The second-order valence-corrected chi connectivity index (χ2v) is 8.83. The zero-order chi connectivity index (χ0) is 21.0. The van der Waals surface area contributed by atoms with E-state index in [-0.39, 0.29) is 5.91 Å². The summed E-state index contributed by atoms with van der Waals surface area (Å²) in [6.45, 7) is 6.40. The van der Waals surface area contributed by atoms with Gasteiger partial charge in [-0.25, -0.2) is 0 Å². The van der Waals surface area contributed by atoms with Gasteiger partial charge < -0.3 is 9.47 Å². The predicted molar refractivity (Wildman–Crippen MR) is 128 cm³/mol. The molecule has 0 unspecified atom stereocenters. The highest BCUT2D eigenvalue weighted by Crippen LogP contribution is 2.40. The number of carbonyl (C=O) groups excluding carboxylic acids is 1. The largest absolute Gasteiger partial charge is 0.490 e. The minimum absolute atomic E-state index is 0.191. The second kappa shape index (κ2) is 9.80. The van der Waals surface area contributed by atoms with E-state index in [4.69, 9.17) is 33.3 Å². The van der Waals surface area contributed by atoms with Gasteiger partial charge in [-0.15, -0.1) is 0 Å². The third kappa shape index (κ3) is 5.04. The molecule has 0 aliphatic carbocycles. The summed E-state index contributed by atoms with van der Waals surface area (Å²) >= 11 is 16.2. The summed E-state index contributed by atoms with van der Waals surface area (Å²) < 4.78 is 12.6. The van der Waals surface area contributed by atoms with E-state index in [2.05, 4.69) is 22.5 Å². The van der Waals surface area contributed by atoms with Crippen LogP contribution in [0.15, 0.2) is 58.4 Å². The zero-order valence-corrected chi connectivity index (χ0v) is 19.5. The molecule has 0 saturated carbocycles. The van der Waals surface area contributed by atoms with Crippen LogP contribution < -0.4 is 14.4 Å². The fourth-order valence-electron chi connectivity index (χ4n) is 2.67. The van der Waals surface area contributed by atoms with Gasteiger partial charge in [0, 0.05) is 5.02 Å². The number of carbonyl (C=O) groups is 1. The molecule has 4 nitrogen and oxygen atoms in total. The first-order valence-electron chi connectivity index (χ1n) is 8.68. The summed E-state index contributed by atoms with van der Waals surface area (Å²) in [6, 6.07) is 10.8. The Kier molecular flexibility index (Phi) is 7.40. The molecule has 1 saturated heterocycles. The number of nitrogens with zero attached hydrogens (tertiary/aromatic N) is 1. The van der Waals surface area contributed by atoms with E-state index in [1.807, 2.05) is 19.1 Å². The van der Waals surface area contributed by atoms with Crippen LogP contribution in [0.2, 0.25) is 5.02 Å². The summed E-state index contributed by atoms with van der Waals surface area (Å²) in [5, 5.41) is 0.543. The fourth-order valence-corrected chi connectivity index (χ4v) is 4.73. The van der Waals surface area contributed by atoms with Gasteiger partial charge in [0.25, 0.3) is 5.91 Å². The summed E-state index contributed by atoms with van der Waals surface area (Å²) in [5.74, 6) is 0.985. The number of hydrogen-bond acceptors (Lipinski definition) is 5. The molecule has 0 bridgehead atoms. The van der Waals surface area contributed by atoms with Gasteiger partial charge in [0.1, 0.15) is 6.61 Å². The number of ether oxygens (including phenoxy) is 2. The normalized spacial score (nSPS) is 15.1. The van der Waals surface area contributed by atoms with Gasteiger partial charge in [0.15, 0.2) is 15.8 Å². The number of halogens is 2. The van der Waals surface area contributed by atoms with Gasteiger partial charge >= 0.3 is 0 Å². The minimum Gasteiger partial charge on any atom is -0.490 e. The zero-order valence-electron chi connectivity index (χ0n) is 15.5. The molecule has 1 aliphatic heterocycles. The van der Waals surface area contributed by atoms with Crippen LogP contribution >= 0.6 is 51.5 Å². The number of thiocarbonyl (C=S) groups is 1. The van der Waals surface area contributed by atoms with Crippen molar-refractivity contribution < 1.29 is 14.3 Å². The van der Waals surface area contributed by atoms with E-state index in [9.17, 15) is 4.79 Å². The van der Waals surface area contributed by atoms with Gasteiger partial charge in [0.2, 0.25) is 0 Å². The van der Waals surface area contributed by atoms with Crippen molar-refractivity contribution in [3.05, 3.63) is 69.0 Å². The Bertz CT molecular complexity index is 1010. The Hall–Kier alpha value is -1.80. The number of benzene rings is 2. The number of thioether (sulfide) groups is 1. The van der Waals surface area contributed by atoms with Crippen LogP contribution in [0.1, 0.15) is 12.5 Å². The maximum absolute atomic E-state index is 13.0. The lowest BCUT2D eigenvalue weighted by molar-refractivity contribution is -0.113. The average molecular weight is 511 g/mol. The SMILES string of the molecule is C=CCOc1c(Br)cc(/C=C2\SC(=S)N(c3cccc(Cl)c3)C2=O)cc1OCC. The molecule has 150 valence electrons. The van der Waals surface area contributed by atoms with Crippen molar-refractivity contribution in [2.45, 2.75) is 6.92 Å². The summed E-state index contributed by atoms with van der Waals surface area (Å²) in [6.07, 6.45) is 3.45. The molecule has 29 heavy (non-hydrogen) atoms. The quantitative estimate of drug-likeness (QED) is 0.242. The Morgan fingerprint density at radius 3 is 2.79 bits per heavy atom. The van der Waals surface area contributed by atoms with Crippen LogP contribution in [-0.2, 0) is 4.79 Å². The lowest BCUT2D eigenvalue weighted by Gasteiger charge is -2.15. The molecule has 1 aliphatic rings. The summed E-state index contributed by atoms with van der Waals surface area (Å²) in [4.78, 5) is 15.0. The van der Waals surface area contributed by atoms with Gasteiger partial charge in [-0.05, 0) is 64.8 Å². The Morgan fingerprint density at radius 2 is 2.10 bits per heavy atom. The van der Waals surface area contributed by atoms with Crippen molar-refractivity contribution in [1.82, 2.24) is 0 Å². The van der Waals surface area contributed by atoms with E-state index >= 15 is 0 Å². The van der Waals surface area contributed by atoms with Crippen LogP contribution in [0.4, 0.5) is 5.69 Å². The van der Waals surface area contributed by atoms with Crippen molar-refractivity contribution in [3.63, 3.8) is 0 Å². The Labute approximate surface area is 192 Å². The average Bonchev–Trinajstić information content (AvgIpc) is 2.94. The van der Waals surface area contributed by atoms with Crippen LogP contribution in [0.3, 0.4) is 0 Å². The monoisotopic (exact) mass is 509 g/mol. The number of hydrogen-bond donors (Lipinski definition) is 0. The van der Waals surface area contributed by atoms with Gasteiger partial charge in [0.05, 0.1) is 21.7 Å². The molecule has 0 aromatic heterocycles. The van der Waals surface area contributed by atoms with E-state index in [0.29, 0.717) is 44.6 Å². The molecule has 0 radical (unpaired) electrons. The van der Waals surface area contributed by atoms with E-state index < -0.39 is 0 Å². The first-order chi connectivity index (χ1) is 13.9. The second-order valence-electron chi connectivity index (χ2n) is 5.86. The number of rotatable bonds is 7. The molecule has 2 aromatic carbocycles. The van der Waals surface area contributed by atoms with Gasteiger partial charge in [-0.2, -0.15) is 0 Å². The Balaban J connectivity index is 1.94. The van der Waals surface area contributed by atoms with Crippen LogP contribution in [0.25, 0.3) is 6.08 Å². The van der Waals surface area contributed by atoms with Gasteiger partial charge in [-0.1, -0.05) is 54.3 Å². The fraction of sp³-hybridized carbons (Fsp3) is 0.143. The number of amides is 1. The highest BCUT2D eigenvalue weighted by atomic mass is 79.9. The Morgan fingerprint density at radius 1 is 1.31 bits per heavy atom.